The van der Waals surface area contributed by atoms with E-state index in [0.29, 0.717) is 22.6 Å². The molecule has 0 radical (unpaired) electrons. The lowest BCUT2D eigenvalue weighted by Crippen LogP contribution is -2.37. The summed E-state index contributed by atoms with van der Waals surface area (Å²) in [5, 5.41) is 14.3. The minimum Gasteiger partial charge on any atom is -0.375 e. The van der Waals surface area contributed by atoms with Crippen LogP contribution >= 0.6 is 15.9 Å². The first-order valence-corrected chi connectivity index (χ1v) is 7.17. The van der Waals surface area contributed by atoms with Crippen molar-refractivity contribution in [2.75, 3.05) is 11.9 Å². The van der Waals surface area contributed by atoms with E-state index in [9.17, 15) is 10.1 Å². The lowest BCUT2D eigenvalue weighted by Gasteiger charge is -2.32. The van der Waals surface area contributed by atoms with Crippen molar-refractivity contribution in [1.82, 2.24) is 4.98 Å². The Morgan fingerprint density at radius 2 is 2.21 bits per heavy atom. The number of hydrogen-bond acceptors (Lipinski definition) is 5. The Kier molecular flexibility index (Phi) is 4.71. The normalized spacial score (nSPS) is 23.1. The highest BCUT2D eigenvalue weighted by atomic mass is 79.9. The molecule has 1 fully saturated rings. The molecule has 0 spiro atoms. The highest BCUT2D eigenvalue weighted by Crippen LogP contribution is 2.35. The largest absolute Gasteiger partial charge is 0.375 e. The number of nitro groups is 1. The van der Waals surface area contributed by atoms with Crippen LogP contribution in [0.1, 0.15) is 25.7 Å². The van der Waals surface area contributed by atoms with Crippen LogP contribution in [-0.2, 0) is 0 Å². The van der Waals surface area contributed by atoms with Crippen LogP contribution in [0.25, 0.3) is 0 Å². The van der Waals surface area contributed by atoms with Crippen molar-refractivity contribution in [2.45, 2.75) is 31.7 Å². The Morgan fingerprint density at radius 1 is 1.47 bits per heavy atom. The third kappa shape index (κ3) is 3.22. The quantitative estimate of drug-likeness (QED) is 0.654. The molecule has 1 aromatic heterocycles. The fourth-order valence-electron chi connectivity index (χ4n) is 2.57. The predicted octanol–water partition coefficient (Wildman–Crippen LogP) is 2.68. The Balaban J connectivity index is 2.24. The number of anilines is 1. The van der Waals surface area contributed by atoms with Crippen molar-refractivity contribution in [1.29, 1.82) is 0 Å². The number of hydrogen-bond donors (Lipinski definition) is 2. The molecule has 7 heteroatoms. The SMILES string of the molecule is NCC1CCCCC1Nc1c(Br)cncc1[N+](=O)[O-]. The topological polar surface area (TPSA) is 94.1 Å². The van der Waals surface area contributed by atoms with Crippen LogP contribution in [0.2, 0.25) is 0 Å². The van der Waals surface area contributed by atoms with Gasteiger partial charge in [0, 0.05) is 12.2 Å². The van der Waals surface area contributed by atoms with Gasteiger partial charge in [-0.3, -0.25) is 15.1 Å². The number of halogens is 1. The maximum atomic E-state index is 11.0. The number of aromatic nitrogens is 1. The van der Waals surface area contributed by atoms with Gasteiger partial charge in [-0.05, 0) is 41.2 Å². The summed E-state index contributed by atoms with van der Waals surface area (Å²) in [7, 11) is 0. The summed E-state index contributed by atoms with van der Waals surface area (Å²) in [5.41, 5.74) is 6.29. The zero-order chi connectivity index (χ0) is 13.8. The zero-order valence-corrected chi connectivity index (χ0v) is 12.1. The number of nitrogens with zero attached hydrogens (tertiary/aromatic N) is 2. The molecule has 0 bridgehead atoms. The van der Waals surface area contributed by atoms with Crippen molar-refractivity contribution < 1.29 is 4.92 Å². The highest BCUT2D eigenvalue weighted by molar-refractivity contribution is 9.10. The van der Waals surface area contributed by atoms with Gasteiger partial charge in [0.15, 0.2) is 0 Å². The van der Waals surface area contributed by atoms with Gasteiger partial charge in [-0.15, -0.1) is 0 Å². The summed E-state index contributed by atoms with van der Waals surface area (Å²) < 4.78 is 0.614. The molecule has 6 nitrogen and oxygen atoms in total. The molecule has 1 heterocycles. The molecule has 2 rings (SSSR count). The first-order chi connectivity index (χ1) is 9.13. The smallest absolute Gasteiger partial charge is 0.311 e. The minimum absolute atomic E-state index is 0.00396. The molecule has 1 aromatic rings. The minimum atomic E-state index is -0.416. The molecule has 0 saturated heterocycles. The molecule has 0 amide bonds. The van der Waals surface area contributed by atoms with E-state index in [-0.39, 0.29) is 11.7 Å². The van der Waals surface area contributed by atoms with Gasteiger partial charge in [-0.25, -0.2) is 0 Å². The average molecular weight is 329 g/mol. The number of nitrogens with one attached hydrogen (secondary N) is 1. The lowest BCUT2D eigenvalue weighted by atomic mass is 9.84. The van der Waals surface area contributed by atoms with Crippen LogP contribution in [0.15, 0.2) is 16.9 Å². The number of rotatable bonds is 4. The van der Waals surface area contributed by atoms with Gasteiger partial charge in [-0.2, -0.15) is 0 Å². The standard InChI is InChI=1S/C12H17BrN4O2/c13-9-6-15-7-11(17(18)19)12(9)16-10-4-2-1-3-8(10)5-14/h6-8,10H,1-5,14H2,(H,15,16). The molecular weight excluding hydrogens is 312 g/mol. The molecule has 1 aliphatic carbocycles. The van der Waals surface area contributed by atoms with E-state index < -0.39 is 4.92 Å². The van der Waals surface area contributed by atoms with Crippen LogP contribution in [0.3, 0.4) is 0 Å². The summed E-state index contributed by atoms with van der Waals surface area (Å²) in [6.07, 6.45) is 7.21. The Morgan fingerprint density at radius 3 is 2.89 bits per heavy atom. The van der Waals surface area contributed by atoms with Crippen LogP contribution in [0.5, 0.6) is 0 Å². The van der Waals surface area contributed by atoms with Gasteiger partial charge in [0.25, 0.3) is 0 Å². The van der Waals surface area contributed by atoms with Crippen LogP contribution < -0.4 is 11.1 Å². The average Bonchev–Trinajstić information content (AvgIpc) is 2.41. The van der Waals surface area contributed by atoms with Crippen LogP contribution in [0.4, 0.5) is 11.4 Å². The fourth-order valence-corrected chi connectivity index (χ4v) is 3.01. The fraction of sp³-hybridized carbons (Fsp3) is 0.583. The van der Waals surface area contributed by atoms with Gasteiger partial charge in [-0.1, -0.05) is 12.8 Å². The molecule has 3 N–H and O–H groups in total. The van der Waals surface area contributed by atoms with Crippen molar-refractivity contribution in [3.05, 3.63) is 27.0 Å². The van der Waals surface area contributed by atoms with E-state index >= 15 is 0 Å². The number of nitrogens with two attached hydrogens (primary N) is 1. The van der Waals surface area contributed by atoms with E-state index in [1.165, 1.54) is 12.6 Å². The summed E-state index contributed by atoms with van der Waals surface area (Å²) in [6, 6.07) is 0.191. The third-order valence-corrected chi connectivity index (χ3v) is 4.22. The van der Waals surface area contributed by atoms with E-state index in [1.807, 2.05) is 0 Å². The van der Waals surface area contributed by atoms with E-state index in [1.54, 1.807) is 6.20 Å². The highest BCUT2D eigenvalue weighted by Gasteiger charge is 2.27. The van der Waals surface area contributed by atoms with E-state index in [0.717, 1.165) is 19.3 Å². The number of pyridine rings is 1. The molecule has 1 aliphatic rings. The first kappa shape index (κ1) is 14.2. The second-order valence-corrected chi connectivity index (χ2v) is 5.66. The van der Waals surface area contributed by atoms with Gasteiger partial charge < -0.3 is 11.1 Å². The van der Waals surface area contributed by atoms with Crippen molar-refractivity contribution >= 4 is 27.3 Å². The van der Waals surface area contributed by atoms with Crippen molar-refractivity contribution in [3.8, 4) is 0 Å². The maximum Gasteiger partial charge on any atom is 0.311 e. The Bertz CT molecular complexity index is 469. The molecule has 19 heavy (non-hydrogen) atoms. The monoisotopic (exact) mass is 328 g/mol. The van der Waals surface area contributed by atoms with Gasteiger partial charge >= 0.3 is 5.69 Å². The van der Waals surface area contributed by atoms with Gasteiger partial charge in [0.2, 0.25) is 0 Å². The molecule has 104 valence electrons. The molecule has 2 unspecified atom stereocenters. The van der Waals surface area contributed by atoms with Crippen molar-refractivity contribution in [3.63, 3.8) is 0 Å². The maximum absolute atomic E-state index is 11.0. The van der Waals surface area contributed by atoms with Gasteiger partial charge in [0.1, 0.15) is 11.9 Å². The summed E-state index contributed by atoms with van der Waals surface area (Å²) >= 11 is 3.32. The third-order valence-electron chi connectivity index (χ3n) is 3.62. The van der Waals surface area contributed by atoms with E-state index in [4.69, 9.17) is 5.73 Å². The van der Waals surface area contributed by atoms with Crippen molar-refractivity contribution in [2.24, 2.45) is 11.7 Å². The molecule has 0 aliphatic heterocycles. The zero-order valence-electron chi connectivity index (χ0n) is 10.5. The molecule has 1 saturated carbocycles. The van der Waals surface area contributed by atoms with E-state index in [2.05, 4.69) is 26.2 Å². The first-order valence-electron chi connectivity index (χ1n) is 6.38. The van der Waals surface area contributed by atoms with Crippen LogP contribution in [0, 0.1) is 16.0 Å². The molecule has 0 aromatic carbocycles. The second-order valence-electron chi connectivity index (χ2n) is 4.80. The van der Waals surface area contributed by atoms with Crippen LogP contribution in [-0.4, -0.2) is 22.5 Å². The second kappa shape index (κ2) is 6.29. The summed E-state index contributed by atoms with van der Waals surface area (Å²) in [6.45, 7) is 0.605. The van der Waals surface area contributed by atoms with Gasteiger partial charge in [0.05, 0.1) is 9.40 Å². The molecule has 2 atom stereocenters. The Labute approximate surface area is 120 Å². The Hall–Kier alpha value is -1.21. The summed E-state index contributed by atoms with van der Waals surface area (Å²) in [5.74, 6) is 0.369. The molecular formula is C12H17BrN4O2. The predicted molar refractivity (Wildman–Crippen MR) is 77.0 cm³/mol. The summed E-state index contributed by atoms with van der Waals surface area (Å²) in [4.78, 5) is 14.5. The lowest BCUT2D eigenvalue weighted by molar-refractivity contribution is -0.384.